The highest BCUT2D eigenvalue weighted by Gasteiger charge is 2.28. The number of aliphatic carboxylic acids is 1. The number of hydrogen-bond acceptors (Lipinski definition) is 2. The molecule has 1 amide bonds. The van der Waals surface area contributed by atoms with E-state index in [-0.39, 0.29) is 17.7 Å². The number of carboxylic acid groups (broad SMARTS) is 1. The molecular formula is C17H25NO3. The van der Waals surface area contributed by atoms with Crippen LogP contribution in [0.25, 0.3) is 0 Å². The molecule has 0 atom stereocenters. The normalized spacial score (nSPS) is 12.0. The molecule has 0 radical (unpaired) electrons. The molecule has 0 unspecified atom stereocenters. The fourth-order valence-corrected chi connectivity index (χ4v) is 1.89. The minimum Gasteiger partial charge on any atom is -0.480 e. The number of carbonyl (C=O) groups is 2. The molecule has 21 heavy (non-hydrogen) atoms. The van der Waals surface area contributed by atoms with Crippen molar-refractivity contribution in [1.29, 1.82) is 0 Å². The third kappa shape index (κ3) is 5.21. The summed E-state index contributed by atoms with van der Waals surface area (Å²) in [5.41, 5.74) is 1.21. The fraction of sp³-hybridized carbons (Fsp3) is 0.529. The highest BCUT2D eigenvalue weighted by atomic mass is 16.4. The molecule has 0 fully saturated rings. The fourth-order valence-electron chi connectivity index (χ4n) is 1.89. The van der Waals surface area contributed by atoms with Gasteiger partial charge in [-0.25, -0.2) is 4.79 Å². The Balaban J connectivity index is 2.56. The van der Waals surface area contributed by atoms with Crippen molar-refractivity contribution in [2.45, 2.75) is 58.4 Å². The highest BCUT2D eigenvalue weighted by Crippen LogP contribution is 2.22. The largest absolute Gasteiger partial charge is 0.480 e. The average Bonchev–Trinajstić information content (AvgIpc) is 2.35. The topological polar surface area (TPSA) is 66.4 Å². The lowest BCUT2D eigenvalue weighted by atomic mass is 9.86. The Hall–Kier alpha value is -1.84. The third-order valence-electron chi connectivity index (χ3n) is 3.45. The van der Waals surface area contributed by atoms with Crippen LogP contribution in [-0.4, -0.2) is 22.5 Å². The summed E-state index contributed by atoms with van der Waals surface area (Å²) in [4.78, 5) is 22.7. The Labute approximate surface area is 126 Å². The van der Waals surface area contributed by atoms with Crippen molar-refractivity contribution in [3.05, 3.63) is 35.4 Å². The van der Waals surface area contributed by atoms with Gasteiger partial charge in [0.2, 0.25) is 5.91 Å². The lowest BCUT2D eigenvalue weighted by Gasteiger charge is -2.21. The smallest absolute Gasteiger partial charge is 0.328 e. The van der Waals surface area contributed by atoms with E-state index in [0.29, 0.717) is 6.42 Å². The summed E-state index contributed by atoms with van der Waals surface area (Å²) < 4.78 is 0. The van der Waals surface area contributed by atoms with Gasteiger partial charge in [-0.15, -0.1) is 0 Å². The zero-order valence-electron chi connectivity index (χ0n) is 13.5. The van der Waals surface area contributed by atoms with Gasteiger partial charge in [0.1, 0.15) is 5.54 Å². The summed E-state index contributed by atoms with van der Waals surface area (Å²) in [6.07, 6.45) is 0.886. The first-order chi connectivity index (χ1) is 9.52. The van der Waals surface area contributed by atoms with Gasteiger partial charge in [0.15, 0.2) is 0 Å². The molecule has 0 bridgehead atoms. The van der Waals surface area contributed by atoms with Crippen molar-refractivity contribution in [2.75, 3.05) is 0 Å². The van der Waals surface area contributed by atoms with Crippen molar-refractivity contribution in [3.8, 4) is 0 Å². The Morgan fingerprint density at radius 1 is 1.05 bits per heavy atom. The van der Waals surface area contributed by atoms with Gasteiger partial charge in [-0.3, -0.25) is 4.79 Å². The minimum absolute atomic E-state index is 0.113. The van der Waals surface area contributed by atoms with E-state index >= 15 is 0 Å². The first-order valence-electron chi connectivity index (χ1n) is 7.16. The molecule has 4 heteroatoms. The second kappa shape index (κ2) is 6.29. The van der Waals surface area contributed by atoms with Crippen molar-refractivity contribution in [1.82, 2.24) is 5.32 Å². The molecule has 1 aromatic rings. The van der Waals surface area contributed by atoms with Gasteiger partial charge in [0.25, 0.3) is 0 Å². The molecule has 4 nitrogen and oxygen atoms in total. The van der Waals surface area contributed by atoms with Crippen LogP contribution in [0, 0.1) is 0 Å². The van der Waals surface area contributed by atoms with Gasteiger partial charge in [-0.2, -0.15) is 0 Å². The van der Waals surface area contributed by atoms with Crippen LogP contribution in [0.3, 0.4) is 0 Å². The summed E-state index contributed by atoms with van der Waals surface area (Å²) in [6, 6.07) is 8.20. The Bertz CT molecular complexity index is 510. The molecule has 0 aliphatic rings. The number of hydrogen-bond donors (Lipinski definition) is 2. The number of nitrogens with one attached hydrogen (secondary N) is 1. The lowest BCUT2D eigenvalue weighted by Crippen LogP contribution is -2.49. The molecule has 0 aliphatic carbocycles. The van der Waals surface area contributed by atoms with E-state index in [0.717, 1.165) is 5.56 Å². The second-order valence-corrected chi connectivity index (χ2v) is 6.93. The van der Waals surface area contributed by atoms with E-state index in [4.69, 9.17) is 5.11 Å². The van der Waals surface area contributed by atoms with Crippen molar-refractivity contribution < 1.29 is 14.7 Å². The SMILES string of the molecule is CC(C)(NC(=O)CCc1ccc(C(C)(C)C)cc1)C(=O)O. The molecule has 0 aromatic heterocycles. The van der Waals surface area contributed by atoms with E-state index < -0.39 is 11.5 Å². The molecule has 116 valence electrons. The molecule has 0 saturated carbocycles. The average molecular weight is 291 g/mol. The number of carboxylic acids is 1. The van der Waals surface area contributed by atoms with Crippen LogP contribution in [0.5, 0.6) is 0 Å². The summed E-state index contributed by atoms with van der Waals surface area (Å²) >= 11 is 0. The van der Waals surface area contributed by atoms with E-state index in [2.05, 4.69) is 38.2 Å². The van der Waals surface area contributed by atoms with Gasteiger partial charge in [0.05, 0.1) is 0 Å². The van der Waals surface area contributed by atoms with Crippen LogP contribution in [0.4, 0.5) is 0 Å². The summed E-state index contributed by atoms with van der Waals surface area (Å²) in [5.74, 6) is -1.28. The number of benzene rings is 1. The van der Waals surface area contributed by atoms with Crippen LogP contribution in [0.15, 0.2) is 24.3 Å². The number of aryl methyl sites for hydroxylation is 1. The monoisotopic (exact) mass is 291 g/mol. The second-order valence-electron chi connectivity index (χ2n) is 6.93. The maximum Gasteiger partial charge on any atom is 0.328 e. The molecule has 0 heterocycles. The van der Waals surface area contributed by atoms with Crippen molar-refractivity contribution >= 4 is 11.9 Å². The molecule has 1 rings (SSSR count). The third-order valence-corrected chi connectivity index (χ3v) is 3.45. The Morgan fingerprint density at radius 3 is 2.00 bits per heavy atom. The zero-order chi connectivity index (χ0) is 16.3. The van der Waals surface area contributed by atoms with Crippen LogP contribution in [-0.2, 0) is 21.4 Å². The van der Waals surface area contributed by atoms with Crippen molar-refractivity contribution in [2.24, 2.45) is 0 Å². The van der Waals surface area contributed by atoms with Crippen molar-refractivity contribution in [3.63, 3.8) is 0 Å². The maximum atomic E-state index is 11.8. The number of carbonyl (C=O) groups excluding carboxylic acids is 1. The molecule has 0 spiro atoms. The number of amides is 1. The van der Waals surface area contributed by atoms with Gasteiger partial charge >= 0.3 is 5.97 Å². The van der Waals surface area contributed by atoms with Crippen LogP contribution in [0.1, 0.15) is 52.2 Å². The molecule has 2 N–H and O–H groups in total. The predicted molar refractivity (Wildman–Crippen MR) is 83.3 cm³/mol. The maximum absolute atomic E-state index is 11.8. The van der Waals surface area contributed by atoms with Crippen LogP contribution >= 0.6 is 0 Å². The van der Waals surface area contributed by atoms with E-state index in [1.54, 1.807) is 0 Å². The van der Waals surface area contributed by atoms with Gasteiger partial charge in [0, 0.05) is 6.42 Å². The quantitative estimate of drug-likeness (QED) is 0.876. The van der Waals surface area contributed by atoms with Crippen LogP contribution in [0.2, 0.25) is 0 Å². The highest BCUT2D eigenvalue weighted by molar-refractivity contribution is 5.86. The van der Waals surface area contributed by atoms with E-state index in [1.165, 1.54) is 19.4 Å². The standard InChI is InChI=1S/C17H25NO3/c1-16(2,3)13-9-6-12(7-10-13)8-11-14(19)18-17(4,5)15(20)21/h6-7,9-10H,8,11H2,1-5H3,(H,18,19)(H,20,21). The summed E-state index contributed by atoms with van der Waals surface area (Å²) in [5, 5.41) is 11.5. The first kappa shape index (κ1) is 17.2. The number of rotatable bonds is 5. The van der Waals surface area contributed by atoms with Gasteiger partial charge in [-0.1, -0.05) is 45.0 Å². The Morgan fingerprint density at radius 2 is 1.57 bits per heavy atom. The zero-order valence-corrected chi connectivity index (χ0v) is 13.5. The molecule has 0 saturated heterocycles. The summed E-state index contributed by atoms with van der Waals surface area (Å²) in [6.45, 7) is 9.42. The molecular weight excluding hydrogens is 266 g/mol. The van der Waals surface area contributed by atoms with E-state index in [9.17, 15) is 9.59 Å². The van der Waals surface area contributed by atoms with Gasteiger partial charge in [-0.05, 0) is 36.8 Å². The van der Waals surface area contributed by atoms with Gasteiger partial charge < -0.3 is 10.4 Å². The lowest BCUT2D eigenvalue weighted by molar-refractivity contribution is -0.146. The summed E-state index contributed by atoms with van der Waals surface area (Å²) in [7, 11) is 0. The Kier molecular flexibility index (Phi) is 5.15. The predicted octanol–water partition coefficient (Wildman–Crippen LogP) is 2.90. The van der Waals surface area contributed by atoms with E-state index in [1.807, 2.05) is 12.1 Å². The first-order valence-corrected chi connectivity index (χ1v) is 7.16. The minimum atomic E-state index is -1.23. The molecule has 1 aromatic carbocycles. The van der Waals surface area contributed by atoms with Crippen LogP contribution < -0.4 is 5.32 Å². The molecule has 0 aliphatic heterocycles.